The first-order chi connectivity index (χ1) is 18.9. The van der Waals surface area contributed by atoms with Gasteiger partial charge in [-0.25, -0.2) is 13.8 Å². The van der Waals surface area contributed by atoms with Gasteiger partial charge in [0.1, 0.15) is 17.5 Å². The Morgan fingerprint density at radius 3 is 2.44 bits per heavy atom. The van der Waals surface area contributed by atoms with E-state index in [0.717, 1.165) is 43.4 Å². The van der Waals surface area contributed by atoms with Gasteiger partial charge in [-0.1, -0.05) is 0 Å². The van der Waals surface area contributed by atoms with Crippen LogP contribution in [-0.4, -0.2) is 78.8 Å². The number of hydrogen-bond acceptors (Lipinski definition) is 7. The van der Waals surface area contributed by atoms with Crippen LogP contribution < -0.4 is 15.1 Å². The third kappa shape index (κ3) is 5.27. The van der Waals surface area contributed by atoms with Gasteiger partial charge >= 0.3 is 0 Å². The van der Waals surface area contributed by atoms with E-state index >= 15 is 0 Å². The highest BCUT2D eigenvalue weighted by Gasteiger charge is 2.32. The van der Waals surface area contributed by atoms with Crippen molar-refractivity contribution < 1.29 is 18.3 Å². The van der Waals surface area contributed by atoms with Crippen molar-refractivity contribution in [1.29, 1.82) is 0 Å². The molecule has 1 N–H and O–H groups in total. The molecule has 206 valence electrons. The Morgan fingerprint density at radius 2 is 1.72 bits per heavy atom. The van der Waals surface area contributed by atoms with E-state index in [9.17, 15) is 13.6 Å². The van der Waals surface area contributed by atoms with Gasteiger partial charge in [0, 0.05) is 67.7 Å². The number of halogens is 2. The van der Waals surface area contributed by atoms with Crippen LogP contribution >= 0.6 is 0 Å². The predicted molar refractivity (Wildman–Crippen MR) is 146 cm³/mol. The van der Waals surface area contributed by atoms with Crippen molar-refractivity contribution >= 4 is 28.4 Å². The third-order valence-corrected chi connectivity index (χ3v) is 7.88. The van der Waals surface area contributed by atoms with Crippen molar-refractivity contribution in [2.75, 3.05) is 55.7 Å². The van der Waals surface area contributed by atoms with Crippen LogP contribution in [0.1, 0.15) is 48.7 Å². The van der Waals surface area contributed by atoms with E-state index in [1.165, 1.54) is 12.1 Å². The number of carbonyl (C=O) groups excluding carboxylic acids is 1. The normalized spacial score (nSPS) is 24.0. The summed E-state index contributed by atoms with van der Waals surface area (Å²) < 4.78 is 33.9. The average molecular weight is 537 g/mol. The highest BCUT2D eigenvalue weighted by Crippen LogP contribution is 2.40. The van der Waals surface area contributed by atoms with Crippen LogP contribution in [0.2, 0.25) is 0 Å². The predicted octanol–water partition coefficient (Wildman–Crippen LogP) is 3.91. The molecule has 0 radical (unpaired) electrons. The Labute approximate surface area is 227 Å². The van der Waals surface area contributed by atoms with Crippen molar-refractivity contribution in [3.8, 4) is 0 Å². The fourth-order valence-corrected chi connectivity index (χ4v) is 6.23. The molecule has 2 aromatic carbocycles. The Morgan fingerprint density at radius 1 is 1.00 bits per heavy atom. The number of fused-ring (bicyclic) bond motifs is 1. The lowest BCUT2D eigenvalue weighted by Gasteiger charge is -2.36. The maximum Gasteiger partial charge on any atom is 0.254 e. The lowest BCUT2D eigenvalue weighted by molar-refractivity contribution is 0.0674. The Bertz CT molecular complexity index is 1350. The molecule has 1 aromatic heterocycles. The van der Waals surface area contributed by atoms with Crippen molar-refractivity contribution in [1.82, 2.24) is 20.2 Å². The molecule has 6 rings (SSSR count). The summed E-state index contributed by atoms with van der Waals surface area (Å²) in [6.07, 6.45) is 3.39. The van der Waals surface area contributed by atoms with Crippen LogP contribution in [0.5, 0.6) is 0 Å². The topological polar surface area (TPSA) is 73.8 Å². The van der Waals surface area contributed by atoms with Crippen molar-refractivity contribution in [2.45, 2.75) is 44.8 Å². The van der Waals surface area contributed by atoms with Gasteiger partial charge in [0.05, 0.1) is 36.5 Å². The van der Waals surface area contributed by atoms with Crippen LogP contribution in [0, 0.1) is 11.6 Å². The Balaban J connectivity index is 1.45. The van der Waals surface area contributed by atoms with Gasteiger partial charge in [-0.3, -0.25) is 9.78 Å². The summed E-state index contributed by atoms with van der Waals surface area (Å²) in [6.45, 7) is 8.76. The number of aromatic nitrogens is 2. The Hall–Kier alpha value is -3.37. The second-order valence-corrected chi connectivity index (χ2v) is 10.9. The summed E-state index contributed by atoms with van der Waals surface area (Å²) in [5.74, 6) is -0.502. The molecule has 3 atom stereocenters. The number of morpholine rings is 1. The number of nitrogens with one attached hydrogen (secondary N) is 1. The second-order valence-electron chi connectivity index (χ2n) is 10.9. The second kappa shape index (κ2) is 10.7. The van der Waals surface area contributed by atoms with Gasteiger partial charge in [-0.2, -0.15) is 0 Å². The molecule has 3 aliphatic rings. The molecule has 4 heterocycles. The van der Waals surface area contributed by atoms with Gasteiger partial charge in [0.25, 0.3) is 5.91 Å². The third-order valence-electron chi connectivity index (χ3n) is 7.88. The van der Waals surface area contributed by atoms with Crippen molar-refractivity contribution in [3.63, 3.8) is 0 Å². The molecular formula is C29H34F2N6O2. The molecular weight excluding hydrogens is 502 g/mol. The van der Waals surface area contributed by atoms with Gasteiger partial charge in [-0.05, 0) is 51.0 Å². The monoisotopic (exact) mass is 536 g/mol. The molecule has 3 fully saturated rings. The molecule has 1 amide bonds. The minimum absolute atomic E-state index is 0.0428. The van der Waals surface area contributed by atoms with Crippen LogP contribution in [0.4, 0.5) is 20.3 Å². The number of benzene rings is 2. The molecule has 1 unspecified atom stereocenters. The number of hydrogen-bond donors (Lipinski definition) is 1. The summed E-state index contributed by atoms with van der Waals surface area (Å²) >= 11 is 0. The zero-order chi connectivity index (χ0) is 27.1. The van der Waals surface area contributed by atoms with Crippen molar-refractivity contribution in [2.24, 2.45) is 0 Å². The summed E-state index contributed by atoms with van der Waals surface area (Å²) in [7, 11) is 0. The van der Waals surface area contributed by atoms with Crippen LogP contribution in [0.15, 0.2) is 36.5 Å². The van der Waals surface area contributed by atoms with Gasteiger partial charge in [-0.15, -0.1) is 0 Å². The largest absolute Gasteiger partial charge is 0.378 e. The summed E-state index contributed by atoms with van der Waals surface area (Å²) in [4.78, 5) is 29.6. The molecule has 10 heteroatoms. The van der Waals surface area contributed by atoms with E-state index in [2.05, 4.69) is 24.1 Å². The van der Waals surface area contributed by atoms with Gasteiger partial charge in [0.2, 0.25) is 0 Å². The number of ether oxygens (including phenoxy) is 1. The molecule has 0 saturated carbocycles. The highest BCUT2D eigenvalue weighted by atomic mass is 19.1. The molecule has 3 aliphatic heterocycles. The van der Waals surface area contributed by atoms with Crippen LogP contribution in [0.3, 0.4) is 0 Å². The molecule has 0 bridgehead atoms. The lowest BCUT2D eigenvalue weighted by Crippen LogP contribution is -2.55. The molecule has 3 aromatic rings. The van der Waals surface area contributed by atoms with Gasteiger partial charge < -0.3 is 24.8 Å². The molecule has 0 spiro atoms. The summed E-state index contributed by atoms with van der Waals surface area (Å²) in [5, 5.41) is 3.47. The lowest BCUT2D eigenvalue weighted by atomic mass is 9.98. The number of nitrogens with zero attached hydrogens (tertiary/aromatic N) is 5. The zero-order valence-corrected chi connectivity index (χ0v) is 22.4. The highest BCUT2D eigenvalue weighted by molar-refractivity contribution is 5.98. The minimum Gasteiger partial charge on any atom is -0.378 e. The van der Waals surface area contributed by atoms with Gasteiger partial charge in [0.15, 0.2) is 0 Å². The van der Waals surface area contributed by atoms with E-state index in [1.54, 1.807) is 6.20 Å². The van der Waals surface area contributed by atoms with Crippen LogP contribution in [0.25, 0.3) is 11.0 Å². The maximum atomic E-state index is 14.2. The fraction of sp³-hybridized carbons (Fsp3) is 0.483. The summed E-state index contributed by atoms with van der Waals surface area (Å²) in [6, 6.07) is 7.58. The fourth-order valence-electron chi connectivity index (χ4n) is 6.23. The maximum absolute atomic E-state index is 14.2. The first kappa shape index (κ1) is 25.9. The minimum atomic E-state index is -0.610. The summed E-state index contributed by atoms with van der Waals surface area (Å²) in [5.41, 5.74) is 3.26. The molecule has 0 aliphatic carbocycles. The van der Waals surface area contributed by atoms with Crippen LogP contribution in [-0.2, 0) is 4.74 Å². The molecule has 8 nitrogen and oxygen atoms in total. The van der Waals surface area contributed by atoms with Crippen molar-refractivity contribution in [3.05, 3.63) is 59.3 Å². The molecule has 3 saturated heterocycles. The number of rotatable bonds is 4. The SMILES string of the molecule is C[C@@H]1CN(C(=O)c2cc(C3CCCN3c3cc(F)cc(F)c3)c3nc(N4CCOCC4)cnc3c2)C[C@H](C)N1. The quantitative estimate of drug-likeness (QED) is 0.542. The van der Waals surface area contributed by atoms with E-state index < -0.39 is 11.6 Å². The average Bonchev–Trinajstić information content (AvgIpc) is 3.41. The number of anilines is 2. The first-order valence-corrected chi connectivity index (χ1v) is 13.8. The standard InChI is InChI=1S/C29H34F2N6O2/c1-18-16-36(17-19(2)33-18)29(38)20-10-24(26-4-3-5-37(26)23-13-21(30)12-22(31)14-23)28-25(11-20)32-15-27(34-28)35-6-8-39-9-7-35/h10-15,18-19,26,33H,3-9,16-17H2,1-2H3/t18-,19+,26?. The van der Waals surface area contributed by atoms with E-state index in [0.29, 0.717) is 55.1 Å². The molecule has 39 heavy (non-hydrogen) atoms. The zero-order valence-electron chi connectivity index (χ0n) is 22.4. The Kier molecular flexibility index (Phi) is 7.07. The van der Waals surface area contributed by atoms with E-state index in [-0.39, 0.29) is 24.0 Å². The van der Waals surface area contributed by atoms with E-state index in [1.807, 2.05) is 21.9 Å². The number of carbonyl (C=O) groups is 1. The van der Waals surface area contributed by atoms with E-state index in [4.69, 9.17) is 14.7 Å². The number of piperazine rings is 1. The first-order valence-electron chi connectivity index (χ1n) is 13.8. The smallest absolute Gasteiger partial charge is 0.254 e. The number of amides is 1.